The van der Waals surface area contributed by atoms with E-state index in [4.69, 9.17) is 9.15 Å². The maximum Gasteiger partial charge on any atom is 0.348 e. The van der Waals surface area contributed by atoms with Gasteiger partial charge in [-0.25, -0.2) is 4.79 Å². The highest BCUT2D eigenvalue weighted by Crippen LogP contribution is 2.37. The number of phenols is 1. The van der Waals surface area contributed by atoms with Gasteiger partial charge in [-0.05, 0) is 6.07 Å². The van der Waals surface area contributed by atoms with Crippen molar-refractivity contribution in [2.24, 2.45) is 0 Å². The van der Waals surface area contributed by atoms with Gasteiger partial charge < -0.3 is 14.3 Å². The molecule has 3 rings (SSSR count). The van der Waals surface area contributed by atoms with Gasteiger partial charge in [0.05, 0.1) is 18.7 Å². The lowest BCUT2D eigenvalue weighted by Gasteiger charge is -2.09. The van der Waals surface area contributed by atoms with Crippen LogP contribution in [-0.2, 0) is 0 Å². The van der Waals surface area contributed by atoms with Crippen LogP contribution >= 0.6 is 0 Å². The first kappa shape index (κ1) is 12.1. The number of methoxy groups -OCH3 is 1. The van der Waals surface area contributed by atoms with Gasteiger partial charge in [0.2, 0.25) is 0 Å². The minimum atomic E-state index is -0.702. The Kier molecular flexibility index (Phi) is 2.58. The van der Waals surface area contributed by atoms with Gasteiger partial charge in [-0.1, -0.05) is 18.2 Å². The molecule has 0 saturated carbocycles. The summed E-state index contributed by atoms with van der Waals surface area (Å²) >= 11 is 0. The van der Waals surface area contributed by atoms with Crippen LogP contribution in [0.4, 0.5) is 0 Å². The average molecular weight is 267 g/mol. The lowest BCUT2D eigenvalue weighted by atomic mass is 10.0. The van der Waals surface area contributed by atoms with Crippen molar-refractivity contribution in [3.05, 3.63) is 46.3 Å². The number of phenolic OH excluding ortho intramolecular Hbond substituents is 1. The number of aromatic hydroxyl groups is 1. The van der Waals surface area contributed by atoms with Gasteiger partial charge in [0.25, 0.3) is 0 Å². The fourth-order valence-corrected chi connectivity index (χ4v) is 2.28. The highest BCUT2D eigenvalue weighted by molar-refractivity contribution is 6.10. The van der Waals surface area contributed by atoms with Gasteiger partial charge in [0.15, 0.2) is 11.5 Å². The number of benzene rings is 2. The highest BCUT2D eigenvalue weighted by atomic mass is 16.5. The first-order valence-corrected chi connectivity index (χ1v) is 5.83. The third kappa shape index (κ3) is 1.52. The first-order chi connectivity index (χ1) is 9.67. The van der Waals surface area contributed by atoms with Crippen molar-refractivity contribution in [2.45, 2.75) is 0 Å². The molecule has 2 aromatic carbocycles. The Morgan fingerprint density at radius 1 is 1.30 bits per heavy atom. The number of fused-ring (bicyclic) bond motifs is 3. The Morgan fingerprint density at radius 3 is 2.75 bits per heavy atom. The van der Waals surface area contributed by atoms with Crippen LogP contribution in [0.1, 0.15) is 5.56 Å². The Hall–Kier alpha value is -3.00. The van der Waals surface area contributed by atoms with Gasteiger partial charge in [0.1, 0.15) is 11.0 Å². The molecule has 0 saturated heterocycles. The van der Waals surface area contributed by atoms with E-state index >= 15 is 0 Å². The molecule has 98 valence electrons. The quantitative estimate of drug-likeness (QED) is 0.541. The summed E-state index contributed by atoms with van der Waals surface area (Å²) in [5.74, 6) is -0.252. The Morgan fingerprint density at radius 2 is 2.05 bits per heavy atom. The standard InChI is InChI=1S/C15H9NO4/c1-19-11-6-8(7-16)12-9-4-2-3-5-10(9)20-15(18)13(12)14(11)17/h2-6,17H,1H3. The van der Waals surface area contributed by atoms with Crippen LogP contribution in [-0.4, -0.2) is 12.2 Å². The number of rotatable bonds is 1. The number of para-hydroxylation sites is 1. The second-order valence-corrected chi connectivity index (χ2v) is 4.22. The van der Waals surface area contributed by atoms with E-state index < -0.39 is 5.63 Å². The second kappa shape index (κ2) is 4.28. The summed E-state index contributed by atoms with van der Waals surface area (Å²) in [6, 6.07) is 10.3. The molecule has 3 aromatic rings. The lowest BCUT2D eigenvalue weighted by Crippen LogP contribution is -2.02. The van der Waals surface area contributed by atoms with Crippen LogP contribution < -0.4 is 10.4 Å². The number of ether oxygens (including phenoxy) is 1. The third-order valence-electron chi connectivity index (χ3n) is 3.17. The molecule has 0 radical (unpaired) electrons. The Labute approximate surface area is 113 Å². The van der Waals surface area contributed by atoms with Crippen LogP contribution in [0.25, 0.3) is 21.7 Å². The van der Waals surface area contributed by atoms with E-state index in [9.17, 15) is 15.2 Å². The summed E-state index contributed by atoms with van der Waals surface area (Å²) < 4.78 is 10.2. The maximum absolute atomic E-state index is 12.1. The van der Waals surface area contributed by atoms with E-state index in [2.05, 4.69) is 0 Å². The maximum atomic E-state index is 12.1. The van der Waals surface area contributed by atoms with Gasteiger partial charge in [-0.2, -0.15) is 5.26 Å². The van der Waals surface area contributed by atoms with Crippen molar-refractivity contribution in [1.29, 1.82) is 5.26 Å². The SMILES string of the molecule is COc1cc(C#N)c2c(c1O)c(=O)oc1ccccc12. The summed E-state index contributed by atoms with van der Waals surface area (Å²) in [5, 5.41) is 20.3. The summed E-state index contributed by atoms with van der Waals surface area (Å²) in [5.41, 5.74) is -0.0867. The van der Waals surface area contributed by atoms with Gasteiger partial charge in [-0.3, -0.25) is 0 Å². The number of hydrogen-bond donors (Lipinski definition) is 1. The van der Waals surface area contributed by atoms with Crippen molar-refractivity contribution in [1.82, 2.24) is 0 Å². The molecule has 0 amide bonds. The number of hydrogen-bond acceptors (Lipinski definition) is 5. The molecule has 5 nitrogen and oxygen atoms in total. The summed E-state index contributed by atoms with van der Waals surface area (Å²) in [6.45, 7) is 0. The topological polar surface area (TPSA) is 83.5 Å². The van der Waals surface area contributed by atoms with Crippen molar-refractivity contribution < 1.29 is 14.3 Å². The van der Waals surface area contributed by atoms with Crippen LogP contribution in [0.15, 0.2) is 39.5 Å². The molecule has 0 bridgehead atoms. The normalized spacial score (nSPS) is 10.6. The molecule has 0 unspecified atom stereocenters. The molecular weight excluding hydrogens is 258 g/mol. The summed E-state index contributed by atoms with van der Waals surface area (Å²) in [4.78, 5) is 12.1. The Bertz CT molecular complexity index is 934. The molecular formula is C15H9NO4. The largest absolute Gasteiger partial charge is 0.504 e. The molecule has 1 aromatic heterocycles. The zero-order valence-corrected chi connectivity index (χ0v) is 10.5. The van der Waals surface area contributed by atoms with Crippen LogP contribution in [0.2, 0.25) is 0 Å². The van der Waals surface area contributed by atoms with Crippen molar-refractivity contribution in [3.8, 4) is 17.6 Å². The smallest absolute Gasteiger partial charge is 0.348 e. The molecule has 0 aliphatic rings. The minimum Gasteiger partial charge on any atom is -0.504 e. The molecule has 5 heteroatoms. The fraction of sp³-hybridized carbons (Fsp3) is 0.0667. The molecule has 1 N–H and O–H groups in total. The molecule has 0 fully saturated rings. The van der Waals surface area contributed by atoms with Crippen LogP contribution in [0, 0.1) is 11.3 Å². The molecule has 0 spiro atoms. The molecule has 0 aliphatic carbocycles. The average Bonchev–Trinajstić information content (AvgIpc) is 2.47. The van der Waals surface area contributed by atoms with Crippen LogP contribution in [0.3, 0.4) is 0 Å². The zero-order chi connectivity index (χ0) is 14.3. The van der Waals surface area contributed by atoms with Gasteiger partial charge >= 0.3 is 5.63 Å². The molecule has 20 heavy (non-hydrogen) atoms. The number of nitriles is 1. The van der Waals surface area contributed by atoms with E-state index in [1.54, 1.807) is 24.3 Å². The third-order valence-corrected chi connectivity index (χ3v) is 3.17. The van der Waals surface area contributed by atoms with Crippen LogP contribution in [0.5, 0.6) is 11.5 Å². The highest BCUT2D eigenvalue weighted by Gasteiger charge is 2.18. The molecule has 0 aliphatic heterocycles. The van der Waals surface area contributed by atoms with E-state index in [1.807, 2.05) is 6.07 Å². The predicted molar refractivity (Wildman–Crippen MR) is 72.9 cm³/mol. The van der Waals surface area contributed by atoms with Crippen molar-refractivity contribution in [3.63, 3.8) is 0 Å². The summed E-state index contributed by atoms with van der Waals surface area (Å²) in [6.07, 6.45) is 0. The number of nitrogens with zero attached hydrogens (tertiary/aromatic N) is 1. The van der Waals surface area contributed by atoms with Crippen molar-refractivity contribution in [2.75, 3.05) is 7.11 Å². The fourth-order valence-electron chi connectivity index (χ4n) is 2.28. The Balaban J connectivity index is 2.70. The zero-order valence-electron chi connectivity index (χ0n) is 10.5. The molecule has 0 atom stereocenters. The summed E-state index contributed by atoms with van der Waals surface area (Å²) in [7, 11) is 1.35. The van der Waals surface area contributed by atoms with Gasteiger partial charge in [-0.15, -0.1) is 0 Å². The van der Waals surface area contributed by atoms with E-state index in [0.717, 1.165) is 0 Å². The van der Waals surface area contributed by atoms with E-state index in [1.165, 1.54) is 13.2 Å². The van der Waals surface area contributed by atoms with Crippen molar-refractivity contribution >= 4 is 21.7 Å². The van der Waals surface area contributed by atoms with E-state index in [-0.39, 0.29) is 22.4 Å². The lowest BCUT2D eigenvalue weighted by molar-refractivity contribution is 0.375. The van der Waals surface area contributed by atoms with E-state index in [0.29, 0.717) is 16.4 Å². The second-order valence-electron chi connectivity index (χ2n) is 4.22. The molecule has 1 heterocycles. The predicted octanol–water partition coefficient (Wildman–Crippen LogP) is 2.53. The minimum absolute atomic E-state index is 0.0420. The monoisotopic (exact) mass is 267 g/mol. The first-order valence-electron chi connectivity index (χ1n) is 5.83. The van der Waals surface area contributed by atoms with Gasteiger partial charge in [0, 0.05) is 16.8 Å².